The molecule has 0 saturated heterocycles. The van der Waals surface area contributed by atoms with Gasteiger partial charge in [-0.2, -0.15) is 0 Å². The SMILES string of the molecule is O=C(Nc1ccc(OC(F)(F)F)cc1)c1ccc(OC(F)(F)F)cc1. The first-order valence-corrected chi connectivity index (χ1v) is 6.55. The van der Waals surface area contributed by atoms with Crippen LogP contribution < -0.4 is 14.8 Å². The normalized spacial score (nSPS) is 11.8. The minimum Gasteiger partial charge on any atom is -0.406 e. The maximum atomic E-state index is 12.0. The zero-order valence-corrected chi connectivity index (χ0v) is 12.1. The highest BCUT2D eigenvalue weighted by atomic mass is 19.4. The van der Waals surface area contributed by atoms with Crippen LogP contribution in [0.15, 0.2) is 48.5 Å². The predicted octanol–water partition coefficient (Wildman–Crippen LogP) is 4.74. The highest BCUT2D eigenvalue weighted by Gasteiger charge is 2.31. The van der Waals surface area contributed by atoms with Gasteiger partial charge in [-0.25, -0.2) is 0 Å². The topological polar surface area (TPSA) is 47.6 Å². The predicted molar refractivity (Wildman–Crippen MR) is 74.2 cm³/mol. The van der Waals surface area contributed by atoms with Crippen LogP contribution in [0.1, 0.15) is 10.4 Å². The zero-order chi connectivity index (χ0) is 18.7. The Morgan fingerprint density at radius 3 is 1.52 bits per heavy atom. The van der Waals surface area contributed by atoms with Crippen LogP contribution in [-0.4, -0.2) is 18.6 Å². The molecule has 0 aromatic heterocycles. The van der Waals surface area contributed by atoms with Crippen molar-refractivity contribution in [1.82, 2.24) is 0 Å². The van der Waals surface area contributed by atoms with Gasteiger partial charge in [0.25, 0.3) is 5.91 Å². The molecule has 0 heterocycles. The van der Waals surface area contributed by atoms with Gasteiger partial charge in [0, 0.05) is 11.3 Å². The number of hydrogen-bond acceptors (Lipinski definition) is 3. The molecule has 2 aromatic carbocycles. The third-order valence-corrected chi connectivity index (χ3v) is 2.70. The summed E-state index contributed by atoms with van der Waals surface area (Å²) in [5, 5.41) is 2.38. The summed E-state index contributed by atoms with van der Waals surface area (Å²) in [6.45, 7) is 0. The summed E-state index contributed by atoms with van der Waals surface area (Å²) in [4.78, 5) is 11.9. The maximum absolute atomic E-state index is 12.0. The third-order valence-electron chi connectivity index (χ3n) is 2.70. The molecule has 0 saturated carbocycles. The second-order valence-corrected chi connectivity index (χ2v) is 4.60. The first kappa shape index (κ1) is 18.4. The van der Waals surface area contributed by atoms with Crippen molar-refractivity contribution in [3.05, 3.63) is 54.1 Å². The zero-order valence-electron chi connectivity index (χ0n) is 12.1. The number of hydrogen-bond donors (Lipinski definition) is 1. The third kappa shape index (κ3) is 6.24. The van der Waals surface area contributed by atoms with E-state index < -0.39 is 30.1 Å². The molecule has 25 heavy (non-hydrogen) atoms. The van der Waals surface area contributed by atoms with E-state index in [0.717, 1.165) is 36.4 Å². The highest BCUT2D eigenvalue weighted by Crippen LogP contribution is 2.25. The molecule has 10 heteroatoms. The Balaban J connectivity index is 1.99. The van der Waals surface area contributed by atoms with Crippen molar-refractivity contribution in [2.24, 2.45) is 0 Å². The van der Waals surface area contributed by atoms with Gasteiger partial charge in [0.2, 0.25) is 0 Å². The molecule has 0 radical (unpaired) electrons. The summed E-state index contributed by atoms with van der Waals surface area (Å²) in [6, 6.07) is 8.51. The fourth-order valence-corrected chi connectivity index (χ4v) is 1.75. The number of carbonyl (C=O) groups is 1. The molecule has 0 bridgehead atoms. The molecular weight excluding hydrogens is 356 g/mol. The molecule has 0 spiro atoms. The minimum absolute atomic E-state index is 0.0325. The number of rotatable bonds is 4. The number of nitrogens with one attached hydrogen (secondary N) is 1. The Morgan fingerprint density at radius 2 is 1.12 bits per heavy atom. The summed E-state index contributed by atoms with van der Waals surface area (Å²) < 4.78 is 79.6. The lowest BCUT2D eigenvalue weighted by molar-refractivity contribution is -0.275. The van der Waals surface area contributed by atoms with E-state index in [2.05, 4.69) is 14.8 Å². The first-order valence-electron chi connectivity index (χ1n) is 6.55. The molecule has 0 fully saturated rings. The van der Waals surface area contributed by atoms with E-state index in [1.54, 1.807) is 0 Å². The minimum atomic E-state index is -4.84. The van der Waals surface area contributed by atoms with Gasteiger partial charge in [-0.05, 0) is 48.5 Å². The van der Waals surface area contributed by atoms with Crippen molar-refractivity contribution >= 4 is 11.6 Å². The maximum Gasteiger partial charge on any atom is 0.573 e. The number of carbonyl (C=O) groups excluding carboxylic acids is 1. The molecule has 2 aromatic rings. The summed E-state index contributed by atoms with van der Waals surface area (Å²) >= 11 is 0. The number of amides is 1. The van der Waals surface area contributed by atoms with Gasteiger partial charge in [-0.1, -0.05) is 0 Å². The average Bonchev–Trinajstić information content (AvgIpc) is 2.47. The number of alkyl halides is 6. The van der Waals surface area contributed by atoms with Crippen LogP contribution in [0.3, 0.4) is 0 Å². The first-order chi connectivity index (χ1) is 11.5. The van der Waals surface area contributed by atoms with E-state index in [4.69, 9.17) is 0 Å². The smallest absolute Gasteiger partial charge is 0.406 e. The van der Waals surface area contributed by atoms with E-state index in [9.17, 15) is 31.1 Å². The molecule has 2 rings (SSSR count). The van der Waals surface area contributed by atoms with Crippen molar-refractivity contribution in [3.8, 4) is 11.5 Å². The monoisotopic (exact) mass is 365 g/mol. The summed E-state index contributed by atoms with van der Waals surface area (Å²) in [5.41, 5.74) is 0.209. The van der Waals surface area contributed by atoms with Crippen LogP contribution in [0, 0.1) is 0 Å². The second kappa shape index (κ2) is 6.91. The van der Waals surface area contributed by atoms with Gasteiger partial charge < -0.3 is 14.8 Å². The van der Waals surface area contributed by atoms with Gasteiger partial charge >= 0.3 is 12.7 Å². The fraction of sp³-hybridized carbons (Fsp3) is 0.133. The lowest BCUT2D eigenvalue weighted by Crippen LogP contribution is -2.17. The van der Waals surface area contributed by atoms with E-state index in [-0.39, 0.29) is 11.3 Å². The summed E-state index contributed by atoms with van der Waals surface area (Å²) in [5.74, 6) is -1.61. The molecular formula is C15H9F6NO3. The van der Waals surface area contributed by atoms with E-state index in [1.165, 1.54) is 12.1 Å². The summed E-state index contributed by atoms with van der Waals surface area (Å²) in [7, 11) is 0. The van der Waals surface area contributed by atoms with Crippen molar-refractivity contribution in [2.75, 3.05) is 5.32 Å². The van der Waals surface area contributed by atoms with Crippen LogP contribution in [0.2, 0.25) is 0 Å². The Kier molecular flexibility index (Phi) is 5.10. The van der Waals surface area contributed by atoms with E-state index in [1.807, 2.05) is 0 Å². The van der Waals surface area contributed by atoms with Gasteiger partial charge in [-0.15, -0.1) is 26.3 Å². The van der Waals surface area contributed by atoms with Crippen LogP contribution in [0.25, 0.3) is 0 Å². The largest absolute Gasteiger partial charge is 0.573 e. The van der Waals surface area contributed by atoms with Gasteiger partial charge in [-0.3, -0.25) is 4.79 Å². The second-order valence-electron chi connectivity index (χ2n) is 4.60. The standard InChI is InChI=1S/C15H9F6NO3/c16-14(17,18)24-11-5-1-9(2-6-11)13(23)22-10-3-7-12(8-4-10)25-15(19,20)21/h1-8H,(H,22,23). The number of halogens is 6. The van der Waals surface area contributed by atoms with Gasteiger partial charge in [0.15, 0.2) is 0 Å². The molecule has 0 aliphatic heterocycles. The van der Waals surface area contributed by atoms with E-state index in [0.29, 0.717) is 0 Å². The Bertz CT molecular complexity index is 723. The Labute approximate surface area is 137 Å². The quantitative estimate of drug-likeness (QED) is 0.797. The van der Waals surface area contributed by atoms with Gasteiger partial charge in [0.1, 0.15) is 11.5 Å². The molecule has 0 unspecified atom stereocenters. The average molecular weight is 365 g/mol. The summed E-state index contributed by atoms with van der Waals surface area (Å²) in [6.07, 6.45) is -9.67. The van der Waals surface area contributed by atoms with Gasteiger partial charge in [0.05, 0.1) is 0 Å². The van der Waals surface area contributed by atoms with Crippen molar-refractivity contribution < 1.29 is 40.6 Å². The Morgan fingerprint density at radius 1 is 0.720 bits per heavy atom. The highest BCUT2D eigenvalue weighted by molar-refractivity contribution is 6.04. The van der Waals surface area contributed by atoms with Crippen LogP contribution in [-0.2, 0) is 0 Å². The lowest BCUT2D eigenvalue weighted by atomic mass is 10.2. The van der Waals surface area contributed by atoms with Crippen LogP contribution in [0.5, 0.6) is 11.5 Å². The Hall–Kier alpha value is -2.91. The van der Waals surface area contributed by atoms with Crippen molar-refractivity contribution in [2.45, 2.75) is 12.7 Å². The van der Waals surface area contributed by atoms with Crippen molar-refractivity contribution in [1.29, 1.82) is 0 Å². The fourth-order valence-electron chi connectivity index (χ4n) is 1.75. The number of benzene rings is 2. The lowest BCUT2D eigenvalue weighted by Gasteiger charge is -2.11. The van der Waals surface area contributed by atoms with E-state index >= 15 is 0 Å². The number of ether oxygens (including phenoxy) is 2. The van der Waals surface area contributed by atoms with Crippen LogP contribution in [0.4, 0.5) is 32.0 Å². The van der Waals surface area contributed by atoms with Crippen molar-refractivity contribution in [3.63, 3.8) is 0 Å². The van der Waals surface area contributed by atoms with Crippen LogP contribution >= 0.6 is 0 Å². The molecule has 4 nitrogen and oxygen atoms in total. The molecule has 1 amide bonds. The number of anilines is 1. The molecule has 0 atom stereocenters. The molecule has 0 aliphatic rings. The molecule has 134 valence electrons. The molecule has 1 N–H and O–H groups in total. The molecule has 0 aliphatic carbocycles.